The molecule has 0 bridgehead atoms. The van der Waals surface area contributed by atoms with Crippen LogP contribution in [-0.4, -0.2) is 0 Å². The first-order chi connectivity index (χ1) is 8.31. The Hall–Kier alpha value is -2.07. The molecule has 0 aromatic heterocycles. The monoisotopic (exact) mass is 223 g/mol. The van der Waals surface area contributed by atoms with Gasteiger partial charge >= 0.3 is 0 Å². The van der Waals surface area contributed by atoms with Crippen LogP contribution in [0.1, 0.15) is 24.5 Å². The molecule has 0 radical (unpaired) electrons. The Morgan fingerprint density at radius 3 is 2.94 bits per heavy atom. The second-order valence-electron chi connectivity index (χ2n) is 3.71. The van der Waals surface area contributed by atoms with Crippen molar-refractivity contribution in [3.8, 4) is 6.07 Å². The Kier molecular flexibility index (Phi) is 5.54. The molecule has 1 aromatic carbocycles. The zero-order chi connectivity index (χ0) is 12.5. The minimum Gasteiger partial charge on any atom is -0.198 e. The lowest BCUT2D eigenvalue weighted by Gasteiger charge is -2.04. The van der Waals surface area contributed by atoms with E-state index in [9.17, 15) is 0 Å². The van der Waals surface area contributed by atoms with Crippen molar-refractivity contribution in [2.75, 3.05) is 0 Å². The molecule has 0 saturated heterocycles. The minimum atomic E-state index is 0.561. The summed E-state index contributed by atoms with van der Waals surface area (Å²) in [6, 6.07) is 10.4. The summed E-state index contributed by atoms with van der Waals surface area (Å²) in [5, 5.41) is 8.58. The lowest BCUT2D eigenvalue weighted by Crippen LogP contribution is -1.87. The quantitative estimate of drug-likeness (QED) is 0.683. The Morgan fingerprint density at radius 1 is 1.47 bits per heavy atom. The lowest BCUT2D eigenvalue weighted by atomic mass is 10.0. The minimum absolute atomic E-state index is 0.561. The maximum atomic E-state index is 8.58. The first kappa shape index (κ1) is 13.0. The van der Waals surface area contributed by atoms with Gasteiger partial charge in [0.15, 0.2) is 0 Å². The van der Waals surface area contributed by atoms with Crippen LogP contribution in [0.5, 0.6) is 0 Å². The molecule has 0 atom stereocenters. The molecule has 0 saturated carbocycles. The van der Waals surface area contributed by atoms with Crippen LogP contribution in [0, 0.1) is 11.3 Å². The summed E-state index contributed by atoms with van der Waals surface area (Å²) >= 11 is 0. The van der Waals surface area contributed by atoms with Gasteiger partial charge in [-0.15, -0.1) is 0 Å². The molecule has 1 aromatic rings. The molecule has 1 rings (SSSR count). The molecule has 1 heteroatoms. The van der Waals surface area contributed by atoms with Gasteiger partial charge in [0, 0.05) is 6.42 Å². The van der Waals surface area contributed by atoms with Crippen LogP contribution in [0.2, 0.25) is 0 Å². The molecule has 0 unspecified atom stereocenters. The fourth-order valence-corrected chi connectivity index (χ4v) is 1.59. The van der Waals surface area contributed by atoms with Gasteiger partial charge in [-0.3, -0.25) is 0 Å². The molecule has 0 N–H and O–H groups in total. The van der Waals surface area contributed by atoms with Gasteiger partial charge in [0.25, 0.3) is 0 Å². The summed E-state index contributed by atoms with van der Waals surface area (Å²) in [6.07, 6.45) is 9.24. The molecule has 0 spiro atoms. The summed E-state index contributed by atoms with van der Waals surface area (Å²) in [5.74, 6) is 0. The molecule has 0 aliphatic heterocycles. The number of nitriles is 1. The van der Waals surface area contributed by atoms with Crippen molar-refractivity contribution in [1.29, 1.82) is 5.26 Å². The van der Waals surface area contributed by atoms with Gasteiger partial charge in [-0.05, 0) is 30.0 Å². The van der Waals surface area contributed by atoms with E-state index in [1.807, 2.05) is 37.3 Å². The summed E-state index contributed by atoms with van der Waals surface area (Å²) < 4.78 is 0. The molecule has 0 aliphatic carbocycles. The molecule has 86 valence electrons. The first-order valence-corrected chi connectivity index (χ1v) is 5.73. The zero-order valence-corrected chi connectivity index (χ0v) is 10.2. The molecular weight excluding hydrogens is 206 g/mol. The van der Waals surface area contributed by atoms with Crippen molar-refractivity contribution in [3.63, 3.8) is 0 Å². The van der Waals surface area contributed by atoms with Crippen molar-refractivity contribution >= 4 is 5.57 Å². The Labute approximate surface area is 103 Å². The predicted octanol–water partition coefficient (Wildman–Crippen LogP) is 4.29. The van der Waals surface area contributed by atoms with Gasteiger partial charge in [0.05, 0.1) is 6.07 Å². The topological polar surface area (TPSA) is 23.8 Å². The number of benzene rings is 1. The fraction of sp³-hybridized carbons (Fsp3) is 0.188. The van der Waals surface area contributed by atoms with E-state index in [-0.39, 0.29) is 0 Å². The van der Waals surface area contributed by atoms with Crippen LogP contribution in [0.3, 0.4) is 0 Å². The second kappa shape index (κ2) is 7.24. The molecule has 1 nitrogen and oxygen atoms in total. The highest BCUT2D eigenvalue weighted by Crippen LogP contribution is 2.18. The summed E-state index contributed by atoms with van der Waals surface area (Å²) in [5.41, 5.74) is 3.44. The highest BCUT2D eigenvalue weighted by molar-refractivity contribution is 5.74. The van der Waals surface area contributed by atoms with Gasteiger partial charge in [-0.25, -0.2) is 0 Å². The van der Waals surface area contributed by atoms with E-state index >= 15 is 0 Å². The van der Waals surface area contributed by atoms with Gasteiger partial charge in [-0.1, -0.05) is 55.1 Å². The van der Waals surface area contributed by atoms with Crippen molar-refractivity contribution in [2.45, 2.75) is 19.8 Å². The number of aryl methyl sites for hydroxylation is 1. The number of allylic oxidation sites excluding steroid dienone is 5. The van der Waals surface area contributed by atoms with E-state index in [0.29, 0.717) is 6.42 Å². The van der Waals surface area contributed by atoms with Crippen LogP contribution < -0.4 is 0 Å². The van der Waals surface area contributed by atoms with E-state index in [1.54, 1.807) is 0 Å². The molecule has 0 fully saturated rings. The second-order valence-corrected chi connectivity index (χ2v) is 3.71. The summed E-state index contributed by atoms with van der Waals surface area (Å²) in [7, 11) is 0. The van der Waals surface area contributed by atoms with Gasteiger partial charge in [0.1, 0.15) is 0 Å². The molecule has 17 heavy (non-hydrogen) atoms. The maximum absolute atomic E-state index is 8.58. The van der Waals surface area contributed by atoms with Crippen molar-refractivity contribution in [2.24, 2.45) is 0 Å². The Bertz CT molecular complexity index is 473. The van der Waals surface area contributed by atoms with E-state index in [0.717, 1.165) is 17.6 Å². The summed E-state index contributed by atoms with van der Waals surface area (Å²) in [6.45, 7) is 5.81. The SMILES string of the molecule is C=C/C(=C\C=C/C)c1cccc(CCC#N)c1. The zero-order valence-electron chi connectivity index (χ0n) is 10.2. The van der Waals surface area contributed by atoms with Gasteiger partial charge in [-0.2, -0.15) is 5.26 Å². The number of nitrogens with zero attached hydrogens (tertiary/aromatic N) is 1. The third-order valence-corrected chi connectivity index (χ3v) is 2.47. The Balaban J connectivity index is 2.97. The fourth-order valence-electron chi connectivity index (χ4n) is 1.59. The van der Waals surface area contributed by atoms with Crippen molar-refractivity contribution < 1.29 is 0 Å². The largest absolute Gasteiger partial charge is 0.198 e. The number of hydrogen-bond acceptors (Lipinski definition) is 1. The number of hydrogen-bond donors (Lipinski definition) is 0. The van der Waals surface area contributed by atoms with Crippen LogP contribution in [-0.2, 0) is 6.42 Å². The van der Waals surface area contributed by atoms with Gasteiger partial charge in [0.2, 0.25) is 0 Å². The lowest BCUT2D eigenvalue weighted by molar-refractivity contribution is 1.01. The average molecular weight is 223 g/mol. The molecular formula is C16H17N. The highest BCUT2D eigenvalue weighted by atomic mass is 14.2. The van der Waals surface area contributed by atoms with Crippen molar-refractivity contribution in [3.05, 3.63) is 66.3 Å². The number of rotatable bonds is 5. The van der Waals surface area contributed by atoms with Crippen LogP contribution >= 0.6 is 0 Å². The van der Waals surface area contributed by atoms with E-state index in [2.05, 4.69) is 30.8 Å². The summed E-state index contributed by atoms with van der Waals surface area (Å²) in [4.78, 5) is 0. The van der Waals surface area contributed by atoms with E-state index < -0.39 is 0 Å². The van der Waals surface area contributed by atoms with E-state index in [4.69, 9.17) is 5.26 Å². The molecule has 0 aliphatic rings. The maximum Gasteiger partial charge on any atom is 0.0625 e. The van der Waals surface area contributed by atoms with Crippen LogP contribution in [0.25, 0.3) is 5.57 Å². The van der Waals surface area contributed by atoms with Crippen LogP contribution in [0.4, 0.5) is 0 Å². The third kappa shape index (κ3) is 4.12. The first-order valence-electron chi connectivity index (χ1n) is 5.73. The Morgan fingerprint density at radius 2 is 2.29 bits per heavy atom. The highest BCUT2D eigenvalue weighted by Gasteiger charge is 1.98. The van der Waals surface area contributed by atoms with E-state index in [1.165, 1.54) is 5.56 Å². The molecule has 0 amide bonds. The van der Waals surface area contributed by atoms with Crippen LogP contribution in [0.15, 0.2) is 55.1 Å². The predicted molar refractivity (Wildman–Crippen MR) is 73.4 cm³/mol. The van der Waals surface area contributed by atoms with Gasteiger partial charge < -0.3 is 0 Å². The average Bonchev–Trinajstić information content (AvgIpc) is 2.38. The normalized spacial score (nSPS) is 11.4. The molecule has 0 heterocycles. The smallest absolute Gasteiger partial charge is 0.0625 e. The third-order valence-electron chi connectivity index (χ3n) is 2.47. The standard InChI is InChI=1S/C16H17N/c1-3-5-10-15(4-2)16-11-6-8-14(13-16)9-7-12-17/h3-6,8,10-11,13H,2,7,9H2,1H3/b5-3-,15-10+. The van der Waals surface area contributed by atoms with Crippen molar-refractivity contribution in [1.82, 2.24) is 0 Å².